The quantitative estimate of drug-likeness (QED) is 0.728. The highest BCUT2D eigenvalue weighted by Gasteiger charge is 2.29. The molecule has 1 fully saturated rings. The fraction of sp³-hybridized carbons (Fsp3) is 0.333. The Kier molecular flexibility index (Phi) is 5.83. The van der Waals surface area contributed by atoms with Crippen molar-refractivity contribution in [3.8, 4) is 0 Å². The molecule has 0 bridgehead atoms. The van der Waals surface area contributed by atoms with Gasteiger partial charge in [0.05, 0.1) is 0 Å². The van der Waals surface area contributed by atoms with Crippen LogP contribution in [0.25, 0.3) is 0 Å². The lowest BCUT2D eigenvalue weighted by Crippen LogP contribution is -2.35. The summed E-state index contributed by atoms with van der Waals surface area (Å²) in [7, 11) is 0. The maximum Gasteiger partial charge on any atom is 0.251 e. The van der Waals surface area contributed by atoms with E-state index in [1.807, 2.05) is 42.5 Å². The first-order valence-corrected chi connectivity index (χ1v) is 8.92. The largest absolute Gasteiger partial charge is 0.354 e. The summed E-state index contributed by atoms with van der Waals surface area (Å²) in [5.41, 5.74) is 3.03. The summed E-state index contributed by atoms with van der Waals surface area (Å²) in [5, 5.41) is 5.76. The summed E-state index contributed by atoms with van der Waals surface area (Å²) in [6.45, 7) is 0.928. The molecule has 130 valence electrons. The first-order valence-electron chi connectivity index (χ1n) is 8.92. The van der Waals surface area contributed by atoms with Crippen LogP contribution < -0.4 is 10.6 Å². The number of amides is 2. The molecule has 2 N–H and O–H groups in total. The SMILES string of the molecule is O=C(NCCNC(=O)C1CC1)c1ccccc1CCc1ccccc1. The molecule has 2 amide bonds. The van der Waals surface area contributed by atoms with Gasteiger partial charge in [0.25, 0.3) is 5.91 Å². The average Bonchev–Trinajstić information content (AvgIpc) is 3.49. The van der Waals surface area contributed by atoms with Crippen LogP contribution in [0.15, 0.2) is 54.6 Å². The lowest BCUT2D eigenvalue weighted by Gasteiger charge is -2.11. The number of hydrogen-bond acceptors (Lipinski definition) is 2. The Morgan fingerprint density at radius 3 is 2.28 bits per heavy atom. The van der Waals surface area contributed by atoms with Gasteiger partial charge in [0.15, 0.2) is 0 Å². The van der Waals surface area contributed by atoms with Crippen LogP contribution in [0.3, 0.4) is 0 Å². The van der Waals surface area contributed by atoms with Crippen LogP contribution in [0.2, 0.25) is 0 Å². The number of carbonyl (C=O) groups is 2. The third-order valence-corrected chi connectivity index (χ3v) is 4.45. The van der Waals surface area contributed by atoms with E-state index >= 15 is 0 Å². The number of carbonyl (C=O) groups excluding carboxylic acids is 2. The summed E-state index contributed by atoms with van der Waals surface area (Å²) in [6, 6.07) is 18.0. The number of hydrogen-bond donors (Lipinski definition) is 2. The van der Waals surface area contributed by atoms with Crippen molar-refractivity contribution in [1.29, 1.82) is 0 Å². The van der Waals surface area contributed by atoms with E-state index in [-0.39, 0.29) is 17.7 Å². The summed E-state index contributed by atoms with van der Waals surface area (Å²) in [5.74, 6) is 0.233. The Morgan fingerprint density at radius 2 is 1.52 bits per heavy atom. The number of benzene rings is 2. The molecule has 1 aliphatic carbocycles. The minimum absolute atomic E-state index is 0.0793. The van der Waals surface area contributed by atoms with Crippen LogP contribution in [-0.2, 0) is 17.6 Å². The normalized spacial score (nSPS) is 13.3. The van der Waals surface area contributed by atoms with Gasteiger partial charge in [0.1, 0.15) is 0 Å². The topological polar surface area (TPSA) is 58.2 Å². The predicted molar refractivity (Wildman–Crippen MR) is 98.4 cm³/mol. The second-order valence-corrected chi connectivity index (χ2v) is 6.46. The monoisotopic (exact) mass is 336 g/mol. The van der Waals surface area contributed by atoms with Gasteiger partial charge in [-0.15, -0.1) is 0 Å². The van der Waals surface area contributed by atoms with Crippen LogP contribution >= 0.6 is 0 Å². The zero-order valence-corrected chi connectivity index (χ0v) is 14.3. The standard InChI is InChI=1S/C21H24N2O2/c24-20(18-12-13-18)22-14-15-23-21(25)19-9-5-4-8-17(19)11-10-16-6-2-1-3-7-16/h1-9,18H,10-15H2,(H,22,24)(H,23,25). The fourth-order valence-corrected chi connectivity index (χ4v) is 2.83. The number of aryl methyl sites for hydroxylation is 2. The van der Waals surface area contributed by atoms with E-state index in [2.05, 4.69) is 22.8 Å². The van der Waals surface area contributed by atoms with E-state index in [1.165, 1.54) is 5.56 Å². The highest BCUT2D eigenvalue weighted by atomic mass is 16.2. The third-order valence-electron chi connectivity index (χ3n) is 4.45. The Labute approximate surface area is 148 Å². The van der Waals surface area contributed by atoms with E-state index in [1.54, 1.807) is 0 Å². The number of nitrogens with one attached hydrogen (secondary N) is 2. The van der Waals surface area contributed by atoms with Gasteiger partial charge < -0.3 is 10.6 Å². The molecule has 25 heavy (non-hydrogen) atoms. The molecule has 2 aromatic carbocycles. The van der Waals surface area contributed by atoms with Gasteiger partial charge in [0, 0.05) is 24.6 Å². The van der Waals surface area contributed by atoms with E-state index in [0.717, 1.165) is 31.2 Å². The summed E-state index contributed by atoms with van der Waals surface area (Å²) in [4.78, 5) is 24.0. The van der Waals surface area contributed by atoms with Crippen LogP contribution in [0, 0.1) is 5.92 Å². The van der Waals surface area contributed by atoms with Gasteiger partial charge in [0.2, 0.25) is 5.91 Å². The van der Waals surface area contributed by atoms with E-state index in [9.17, 15) is 9.59 Å². The van der Waals surface area contributed by atoms with Crippen molar-refractivity contribution in [3.63, 3.8) is 0 Å². The minimum Gasteiger partial charge on any atom is -0.354 e. The van der Waals surface area contributed by atoms with E-state index in [0.29, 0.717) is 18.7 Å². The molecule has 0 aliphatic heterocycles. The van der Waals surface area contributed by atoms with Crippen molar-refractivity contribution in [3.05, 3.63) is 71.3 Å². The molecular weight excluding hydrogens is 312 g/mol. The van der Waals surface area contributed by atoms with Crippen LogP contribution in [0.4, 0.5) is 0 Å². The predicted octanol–water partition coefficient (Wildman–Crippen LogP) is 2.73. The van der Waals surface area contributed by atoms with Gasteiger partial charge in [-0.1, -0.05) is 48.5 Å². The lowest BCUT2D eigenvalue weighted by molar-refractivity contribution is -0.122. The molecule has 4 nitrogen and oxygen atoms in total. The summed E-state index contributed by atoms with van der Waals surface area (Å²) >= 11 is 0. The minimum atomic E-state index is -0.0793. The highest BCUT2D eigenvalue weighted by molar-refractivity contribution is 5.95. The third kappa shape index (κ3) is 5.18. The first kappa shape index (κ1) is 17.2. The van der Waals surface area contributed by atoms with Crippen LogP contribution in [0.5, 0.6) is 0 Å². The van der Waals surface area contributed by atoms with Crippen LogP contribution in [-0.4, -0.2) is 24.9 Å². The molecule has 0 heterocycles. The highest BCUT2D eigenvalue weighted by Crippen LogP contribution is 2.28. The molecule has 0 radical (unpaired) electrons. The smallest absolute Gasteiger partial charge is 0.251 e. The fourth-order valence-electron chi connectivity index (χ4n) is 2.83. The summed E-state index contributed by atoms with van der Waals surface area (Å²) in [6.07, 6.45) is 3.72. The molecule has 0 spiro atoms. The number of rotatable bonds is 8. The molecule has 0 unspecified atom stereocenters. The molecule has 0 saturated heterocycles. The maximum absolute atomic E-state index is 12.4. The molecule has 2 aromatic rings. The average molecular weight is 336 g/mol. The van der Waals surface area contributed by atoms with Crippen molar-refractivity contribution < 1.29 is 9.59 Å². The maximum atomic E-state index is 12.4. The van der Waals surface area contributed by atoms with Crippen molar-refractivity contribution >= 4 is 11.8 Å². The van der Waals surface area contributed by atoms with Gasteiger partial charge in [-0.2, -0.15) is 0 Å². The van der Waals surface area contributed by atoms with Crippen molar-refractivity contribution in [2.45, 2.75) is 25.7 Å². The Hall–Kier alpha value is -2.62. The molecule has 1 aliphatic rings. The van der Waals surface area contributed by atoms with Crippen molar-refractivity contribution in [1.82, 2.24) is 10.6 Å². The van der Waals surface area contributed by atoms with Crippen molar-refractivity contribution in [2.75, 3.05) is 13.1 Å². The molecule has 4 heteroatoms. The van der Waals surface area contributed by atoms with Gasteiger partial charge in [-0.25, -0.2) is 0 Å². The van der Waals surface area contributed by atoms with Gasteiger partial charge in [-0.3, -0.25) is 9.59 Å². The Bertz CT molecular complexity index is 724. The molecule has 0 atom stereocenters. The molecular formula is C21H24N2O2. The zero-order valence-electron chi connectivity index (χ0n) is 14.3. The summed E-state index contributed by atoms with van der Waals surface area (Å²) < 4.78 is 0. The zero-order chi connectivity index (χ0) is 17.5. The second kappa shape index (κ2) is 8.47. The van der Waals surface area contributed by atoms with Gasteiger partial charge in [-0.05, 0) is 42.9 Å². The Balaban J connectivity index is 1.50. The van der Waals surface area contributed by atoms with Gasteiger partial charge >= 0.3 is 0 Å². The van der Waals surface area contributed by atoms with E-state index < -0.39 is 0 Å². The first-order chi connectivity index (χ1) is 12.2. The second-order valence-electron chi connectivity index (χ2n) is 6.46. The molecule has 0 aromatic heterocycles. The van der Waals surface area contributed by atoms with E-state index in [4.69, 9.17) is 0 Å². The molecule has 1 saturated carbocycles. The van der Waals surface area contributed by atoms with Crippen LogP contribution in [0.1, 0.15) is 34.3 Å². The molecule has 3 rings (SSSR count). The lowest BCUT2D eigenvalue weighted by atomic mass is 9.99. The van der Waals surface area contributed by atoms with Crippen molar-refractivity contribution in [2.24, 2.45) is 5.92 Å². The Morgan fingerprint density at radius 1 is 0.840 bits per heavy atom.